The van der Waals surface area contributed by atoms with Crippen molar-refractivity contribution < 1.29 is 9.31 Å². The van der Waals surface area contributed by atoms with Crippen LogP contribution in [-0.2, 0) is 6.54 Å². The lowest BCUT2D eigenvalue weighted by atomic mass is 10.1. The molecule has 2 rings (SSSR count). The molecular weight excluding hydrogens is 283 g/mol. The van der Waals surface area contributed by atoms with Crippen LogP contribution in [0.25, 0.3) is 0 Å². The van der Waals surface area contributed by atoms with Gasteiger partial charge in [0.25, 0.3) is 5.69 Å². The summed E-state index contributed by atoms with van der Waals surface area (Å²) in [4.78, 5) is 11.9. The third-order valence-electron chi connectivity index (χ3n) is 2.91. The molecule has 0 aromatic heterocycles. The predicted molar refractivity (Wildman–Crippen MR) is 76.6 cm³/mol. The van der Waals surface area contributed by atoms with Crippen LogP contribution in [0.4, 0.5) is 15.8 Å². The molecule has 0 N–H and O–H groups in total. The summed E-state index contributed by atoms with van der Waals surface area (Å²) in [6.45, 7) is 0.279. The van der Waals surface area contributed by atoms with Gasteiger partial charge in [-0.25, -0.2) is 4.39 Å². The molecule has 104 valence electrons. The normalized spacial score (nSPS) is 10.3. The van der Waals surface area contributed by atoms with Gasteiger partial charge in [-0.3, -0.25) is 10.1 Å². The molecule has 0 aliphatic carbocycles. The van der Waals surface area contributed by atoms with Gasteiger partial charge in [-0.1, -0.05) is 23.7 Å². The van der Waals surface area contributed by atoms with Gasteiger partial charge in [0.15, 0.2) is 0 Å². The number of nitro groups is 1. The molecule has 2 aromatic rings. The van der Waals surface area contributed by atoms with Gasteiger partial charge < -0.3 is 4.90 Å². The molecular formula is C14H12ClFN2O2. The molecule has 0 heterocycles. The van der Waals surface area contributed by atoms with Gasteiger partial charge in [-0.05, 0) is 23.8 Å². The first kappa shape index (κ1) is 14.3. The minimum absolute atomic E-state index is 0.0358. The van der Waals surface area contributed by atoms with Gasteiger partial charge in [-0.15, -0.1) is 0 Å². The van der Waals surface area contributed by atoms with E-state index in [1.165, 1.54) is 24.3 Å². The molecule has 0 unspecified atom stereocenters. The van der Waals surface area contributed by atoms with Gasteiger partial charge in [0.2, 0.25) is 0 Å². The molecule has 0 aliphatic rings. The van der Waals surface area contributed by atoms with E-state index in [0.29, 0.717) is 16.3 Å². The van der Waals surface area contributed by atoms with Crippen LogP contribution in [0, 0.1) is 15.9 Å². The van der Waals surface area contributed by atoms with Crippen molar-refractivity contribution in [3.05, 3.63) is 69.0 Å². The van der Waals surface area contributed by atoms with Crippen molar-refractivity contribution in [1.29, 1.82) is 0 Å². The van der Waals surface area contributed by atoms with Gasteiger partial charge in [0.1, 0.15) is 5.82 Å². The fourth-order valence-electron chi connectivity index (χ4n) is 1.90. The van der Waals surface area contributed by atoms with Crippen molar-refractivity contribution in [3.63, 3.8) is 0 Å². The van der Waals surface area contributed by atoms with Crippen LogP contribution in [-0.4, -0.2) is 12.0 Å². The molecule has 0 bridgehead atoms. The maximum Gasteiger partial charge on any atom is 0.269 e. The Morgan fingerprint density at radius 2 is 2.00 bits per heavy atom. The number of nitro benzene ring substituents is 1. The fourth-order valence-corrected chi connectivity index (χ4v) is 2.08. The van der Waals surface area contributed by atoms with Gasteiger partial charge in [0.05, 0.1) is 10.6 Å². The van der Waals surface area contributed by atoms with Crippen LogP contribution in [0.2, 0.25) is 5.02 Å². The lowest BCUT2D eigenvalue weighted by Crippen LogP contribution is -2.18. The van der Waals surface area contributed by atoms with Crippen LogP contribution in [0.15, 0.2) is 42.5 Å². The summed E-state index contributed by atoms with van der Waals surface area (Å²) in [6, 6.07) is 10.6. The Bertz CT molecular complexity index is 649. The van der Waals surface area contributed by atoms with E-state index in [9.17, 15) is 14.5 Å². The average Bonchev–Trinajstić information content (AvgIpc) is 2.41. The van der Waals surface area contributed by atoms with Crippen LogP contribution in [0.3, 0.4) is 0 Å². The quantitative estimate of drug-likeness (QED) is 0.632. The smallest absolute Gasteiger partial charge is 0.269 e. The first-order valence-corrected chi connectivity index (χ1v) is 6.25. The number of nitrogens with zero attached hydrogens (tertiary/aromatic N) is 2. The number of hydrogen-bond acceptors (Lipinski definition) is 3. The molecule has 0 saturated carbocycles. The summed E-state index contributed by atoms with van der Waals surface area (Å²) in [6.07, 6.45) is 0. The third kappa shape index (κ3) is 3.05. The number of non-ortho nitro benzene ring substituents is 1. The van der Waals surface area contributed by atoms with Crippen molar-refractivity contribution in [2.24, 2.45) is 0 Å². The summed E-state index contributed by atoms with van der Waals surface area (Å²) < 4.78 is 13.7. The minimum Gasteiger partial charge on any atom is -0.368 e. The van der Waals surface area contributed by atoms with Gasteiger partial charge >= 0.3 is 0 Å². The van der Waals surface area contributed by atoms with Crippen molar-refractivity contribution in [2.45, 2.75) is 6.54 Å². The van der Waals surface area contributed by atoms with Crippen LogP contribution in [0.5, 0.6) is 0 Å². The van der Waals surface area contributed by atoms with Gasteiger partial charge in [-0.2, -0.15) is 0 Å². The van der Waals surface area contributed by atoms with E-state index in [2.05, 4.69) is 0 Å². The Labute approximate surface area is 120 Å². The number of rotatable bonds is 4. The number of halogens is 2. The summed E-state index contributed by atoms with van der Waals surface area (Å²) in [7, 11) is 1.70. The molecule has 4 nitrogen and oxygen atoms in total. The van der Waals surface area contributed by atoms with E-state index in [1.54, 1.807) is 30.1 Å². The highest BCUT2D eigenvalue weighted by atomic mass is 35.5. The Hall–Kier alpha value is -2.14. The average molecular weight is 295 g/mol. The summed E-state index contributed by atoms with van der Waals surface area (Å²) in [5.41, 5.74) is 0.952. The predicted octanol–water partition coefficient (Wildman–Crippen LogP) is 4.02. The van der Waals surface area contributed by atoms with Crippen LogP contribution >= 0.6 is 11.6 Å². The summed E-state index contributed by atoms with van der Waals surface area (Å²) >= 11 is 6.03. The summed E-state index contributed by atoms with van der Waals surface area (Å²) in [5, 5.41) is 11.2. The molecule has 0 saturated heterocycles. The number of para-hydroxylation sites is 1. The Balaban J connectivity index is 2.28. The third-order valence-corrected chi connectivity index (χ3v) is 3.28. The lowest BCUT2D eigenvalue weighted by Gasteiger charge is -2.20. The molecule has 0 aliphatic heterocycles. The molecule has 0 spiro atoms. The highest BCUT2D eigenvalue weighted by molar-refractivity contribution is 6.31. The highest BCUT2D eigenvalue weighted by Crippen LogP contribution is 2.26. The maximum atomic E-state index is 13.7. The molecule has 0 radical (unpaired) electrons. The summed E-state index contributed by atoms with van der Waals surface area (Å²) in [5.74, 6) is -0.350. The Kier molecular flexibility index (Phi) is 4.20. The maximum absolute atomic E-state index is 13.7. The molecule has 20 heavy (non-hydrogen) atoms. The number of benzene rings is 2. The first-order valence-electron chi connectivity index (χ1n) is 5.87. The van der Waals surface area contributed by atoms with E-state index in [-0.39, 0.29) is 18.0 Å². The molecule has 0 atom stereocenters. The van der Waals surface area contributed by atoms with Crippen molar-refractivity contribution in [3.8, 4) is 0 Å². The first-order chi connectivity index (χ1) is 9.49. The van der Waals surface area contributed by atoms with Crippen molar-refractivity contribution in [1.82, 2.24) is 0 Å². The second kappa shape index (κ2) is 5.88. The minimum atomic E-state index is -0.483. The number of hydrogen-bond donors (Lipinski definition) is 0. The molecule has 6 heteroatoms. The van der Waals surface area contributed by atoms with E-state index < -0.39 is 4.92 Å². The van der Waals surface area contributed by atoms with E-state index >= 15 is 0 Å². The van der Waals surface area contributed by atoms with Crippen molar-refractivity contribution in [2.75, 3.05) is 11.9 Å². The fraction of sp³-hybridized carbons (Fsp3) is 0.143. The Morgan fingerprint density at radius 3 is 2.65 bits per heavy atom. The van der Waals surface area contributed by atoms with Crippen LogP contribution in [0.1, 0.15) is 5.56 Å². The molecule has 2 aromatic carbocycles. The highest BCUT2D eigenvalue weighted by Gasteiger charge is 2.13. The second-order valence-electron chi connectivity index (χ2n) is 4.34. The van der Waals surface area contributed by atoms with E-state index in [4.69, 9.17) is 11.6 Å². The SMILES string of the molecule is CN(Cc1cc([N+](=O)[O-])ccc1Cl)c1ccccc1F. The topological polar surface area (TPSA) is 46.4 Å². The van der Waals surface area contributed by atoms with Crippen LogP contribution < -0.4 is 4.90 Å². The zero-order valence-corrected chi connectivity index (χ0v) is 11.5. The van der Waals surface area contributed by atoms with Crippen molar-refractivity contribution >= 4 is 23.0 Å². The monoisotopic (exact) mass is 294 g/mol. The van der Waals surface area contributed by atoms with Gasteiger partial charge in [0, 0.05) is 30.7 Å². The molecule has 0 amide bonds. The largest absolute Gasteiger partial charge is 0.368 e. The standard InChI is InChI=1S/C14H12ClFN2O2/c1-17(14-5-3-2-4-13(14)16)9-10-8-11(18(19)20)6-7-12(10)15/h2-8H,9H2,1H3. The van der Waals surface area contributed by atoms with E-state index in [1.807, 2.05) is 0 Å². The second-order valence-corrected chi connectivity index (χ2v) is 4.75. The van der Waals surface area contributed by atoms with E-state index in [0.717, 1.165) is 0 Å². The Morgan fingerprint density at radius 1 is 1.30 bits per heavy atom. The number of anilines is 1. The zero-order valence-electron chi connectivity index (χ0n) is 10.7. The zero-order chi connectivity index (χ0) is 14.7. The lowest BCUT2D eigenvalue weighted by molar-refractivity contribution is -0.384. The molecule has 0 fully saturated rings.